The molecule has 0 aliphatic rings. The van der Waals surface area contributed by atoms with E-state index < -0.39 is 11.9 Å². The molecule has 0 aromatic carbocycles. The Hall–Kier alpha value is -1.59. The van der Waals surface area contributed by atoms with Crippen molar-refractivity contribution in [3.05, 3.63) is 0 Å². The summed E-state index contributed by atoms with van der Waals surface area (Å²) >= 11 is 0. The fraction of sp³-hybridized carbons (Fsp3) is 0.667. The van der Waals surface area contributed by atoms with Crippen molar-refractivity contribution in [2.24, 2.45) is 11.5 Å². The van der Waals surface area contributed by atoms with Crippen molar-refractivity contribution in [2.45, 2.75) is 38.6 Å². The van der Waals surface area contributed by atoms with Gasteiger partial charge in [-0.1, -0.05) is 6.42 Å². The molecule has 0 radical (unpaired) electrons. The van der Waals surface area contributed by atoms with Gasteiger partial charge in [-0.25, -0.2) is 0 Å². The normalized spacial score (nSPS) is 11.8. The first-order valence-electron chi connectivity index (χ1n) is 4.82. The summed E-state index contributed by atoms with van der Waals surface area (Å²) in [6.45, 7) is 1.34. The lowest BCUT2D eigenvalue weighted by atomic mass is 10.1. The first kappa shape index (κ1) is 13.4. The molecule has 0 spiro atoms. The molecule has 0 aliphatic heterocycles. The molecule has 0 aliphatic carbocycles. The minimum atomic E-state index is -0.616. The number of carbonyl (C=O) groups excluding carboxylic acids is 2. The van der Waals surface area contributed by atoms with E-state index in [-0.39, 0.29) is 11.7 Å². The van der Waals surface area contributed by atoms with Crippen molar-refractivity contribution in [3.63, 3.8) is 0 Å². The maximum Gasteiger partial charge on any atom is 0.239 e. The molecule has 2 amide bonds. The molecule has 0 aromatic rings. The molecular weight excluding hydrogens is 196 g/mol. The van der Waals surface area contributed by atoms with Crippen molar-refractivity contribution in [1.82, 2.24) is 5.32 Å². The third kappa shape index (κ3) is 7.48. The van der Waals surface area contributed by atoms with Crippen LogP contribution in [0.5, 0.6) is 0 Å². The molecule has 6 heteroatoms. The van der Waals surface area contributed by atoms with Crippen molar-refractivity contribution in [3.8, 4) is 0 Å². The average Bonchev–Trinajstić information content (AvgIpc) is 2.08. The van der Waals surface area contributed by atoms with Gasteiger partial charge in [-0.15, -0.1) is 0 Å². The van der Waals surface area contributed by atoms with E-state index in [4.69, 9.17) is 16.9 Å². The van der Waals surface area contributed by atoms with E-state index in [1.165, 1.54) is 6.92 Å². The molecule has 0 aromatic heterocycles. The van der Waals surface area contributed by atoms with Crippen LogP contribution in [-0.4, -0.2) is 23.7 Å². The first-order valence-corrected chi connectivity index (χ1v) is 4.82. The number of hydrogen-bond donors (Lipinski definition) is 4. The molecule has 86 valence electrons. The smallest absolute Gasteiger partial charge is 0.239 e. The van der Waals surface area contributed by atoms with E-state index in [2.05, 4.69) is 5.32 Å². The van der Waals surface area contributed by atoms with Crippen molar-refractivity contribution in [1.29, 1.82) is 5.41 Å². The largest absolute Gasteiger partial charge is 0.388 e. The summed E-state index contributed by atoms with van der Waals surface area (Å²) in [5.41, 5.74) is 10.3. The van der Waals surface area contributed by atoms with Gasteiger partial charge in [-0.2, -0.15) is 0 Å². The molecule has 0 heterocycles. The number of primary amides is 1. The highest BCUT2D eigenvalue weighted by atomic mass is 16.2. The Labute approximate surface area is 88.9 Å². The molecule has 0 fully saturated rings. The number of hydrogen-bond acceptors (Lipinski definition) is 3. The lowest BCUT2D eigenvalue weighted by molar-refractivity contribution is -0.126. The van der Waals surface area contributed by atoms with Gasteiger partial charge in [-0.3, -0.25) is 15.0 Å². The van der Waals surface area contributed by atoms with Gasteiger partial charge in [0.2, 0.25) is 11.8 Å². The maximum atomic E-state index is 10.9. The lowest BCUT2D eigenvalue weighted by Gasteiger charge is -2.13. The Kier molecular flexibility index (Phi) is 6.08. The second-order valence-electron chi connectivity index (χ2n) is 3.43. The fourth-order valence-corrected chi connectivity index (χ4v) is 1.19. The van der Waals surface area contributed by atoms with E-state index in [0.717, 1.165) is 6.42 Å². The van der Waals surface area contributed by atoms with Crippen LogP contribution < -0.4 is 16.8 Å². The van der Waals surface area contributed by atoms with Gasteiger partial charge in [0, 0.05) is 13.3 Å². The van der Waals surface area contributed by atoms with Crippen LogP contribution in [0.15, 0.2) is 0 Å². The zero-order valence-corrected chi connectivity index (χ0v) is 8.88. The number of nitrogens with one attached hydrogen (secondary N) is 2. The SMILES string of the molecule is CC(=O)N[C@@H](CCCCC(=N)N)C(N)=O. The summed E-state index contributed by atoms with van der Waals surface area (Å²) in [5.74, 6) is -0.677. The monoisotopic (exact) mass is 214 g/mol. The van der Waals surface area contributed by atoms with Gasteiger partial charge in [-0.05, 0) is 12.8 Å². The van der Waals surface area contributed by atoms with Crippen molar-refractivity contribution in [2.75, 3.05) is 0 Å². The Morgan fingerprint density at radius 3 is 2.33 bits per heavy atom. The summed E-state index contributed by atoms with van der Waals surface area (Å²) in [6, 6.07) is -0.616. The van der Waals surface area contributed by atoms with E-state index in [1.54, 1.807) is 0 Å². The van der Waals surface area contributed by atoms with E-state index >= 15 is 0 Å². The highest BCUT2D eigenvalue weighted by molar-refractivity contribution is 5.85. The second kappa shape index (κ2) is 6.80. The molecule has 6 nitrogen and oxygen atoms in total. The number of carbonyl (C=O) groups is 2. The number of unbranched alkanes of at least 4 members (excludes halogenated alkanes) is 1. The van der Waals surface area contributed by atoms with Crippen molar-refractivity contribution >= 4 is 17.6 Å². The standard InChI is InChI=1S/C9H18N4O2/c1-6(14)13-7(9(12)15)4-2-3-5-8(10)11/h7H,2-5H2,1H3,(H3,10,11)(H2,12,15)(H,13,14)/t7-/m0/s1. The highest BCUT2D eigenvalue weighted by Gasteiger charge is 2.15. The highest BCUT2D eigenvalue weighted by Crippen LogP contribution is 2.03. The van der Waals surface area contributed by atoms with Crippen LogP contribution in [0, 0.1) is 5.41 Å². The summed E-state index contributed by atoms with van der Waals surface area (Å²) in [4.78, 5) is 21.6. The topological polar surface area (TPSA) is 122 Å². The summed E-state index contributed by atoms with van der Waals surface area (Å²) < 4.78 is 0. The quantitative estimate of drug-likeness (QED) is 0.259. The Morgan fingerprint density at radius 1 is 1.33 bits per heavy atom. The fourth-order valence-electron chi connectivity index (χ4n) is 1.19. The van der Waals surface area contributed by atoms with Crippen LogP contribution in [0.2, 0.25) is 0 Å². The average molecular weight is 214 g/mol. The minimum Gasteiger partial charge on any atom is -0.388 e. The number of amides is 2. The zero-order chi connectivity index (χ0) is 11.8. The van der Waals surface area contributed by atoms with Crippen LogP contribution in [0.1, 0.15) is 32.6 Å². The number of amidine groups is 1. The second-order valence-corrected chi connectivity index (χ2v) is 3.43. The van der Waals surface area contributed by atoms with Crippen LogP contribution >= 0.6 is 0 Å². The van der Waals surface area contributed by atoms with Crippen LogP contribution in [0.3, 0.4) is 0 Å². The molecule has 15 heavy (non-hydrogen) atoms. The summed E-state index contributed by atoms with van der Waals surface area (Å²) in [5, 5.41) is 9.46. The van der Waals surface area contributed by atoms with Crippen molar-refractivity contribution < 1.29 is 9.59 Å². The van der Waals surface area contributed by atoms with Gasteiger partial charge in [0.05, 0.1) is 5.84 Å². The van der Waals surface area contributed by atoms with Crippen LogP contribution in [0.25, 0.3) is 0 Å². The molecule has 0 bridgehead atoms. The van der Waals surface area contributed by atoms with Crippen LogP contribution in [-0.2, 0) is 9.59 Å². The predicted octanol–water partition coefficient (Wildman–Crippen LogP) is -0.527. The third-order valence-electron chi connectivity index (χ3n) is 1.91. The first-order chi connectivity index (χ1) is 6.93. The molecule has 6 N–H and O–H groups in total. The van der Waals surface area contributed by atoms with E-state index in [1.807, 2.05) is 0 Å². The Balaban J connectivity index is 3.81. The van der Waals surface area contributed by atoms with Gasteiger partial charge >= 0.3 is 0 Å². The molecule has 0 rings (SSSR count). The molecule has 0 saturated carbocycles. The number of rotatable bonds is 7. The van der Waals surface area contributed by atoms with Gasteiger partial charge in [0.1, 0.15) is 6.04 Å². The number of nitrogens with two attached hydrogens (primary N) is 2. The Morgan fingerprint density at radius 2 is 1.93 bits per heavy atom. The van der Waals surface area contributed by atoms with E-state index in [0.29, 0.717) is 19.3 Å². The summed E-state index contributed by atoms with van der Waals surface area (Å²) in [6.07, 6.45) is 2.42. The molecule has 0 saturated heterocycles. The van der Waals surface area contributed by atoms with Gasteiger partial charge < -0.3 is 16.8 Å². The minimum absolute atomic E-state index is 0.130. The van der Waals surface area contributed by atoms with Crippen LogP contribution in [0.4, 0.5) is 0 Å². The molecule has 1 atom stereocenters. The van der Waals surface area contributed by atoms with Gasteiger partial charge in [0.25, 0.3) is 0 Å². The lowest BCUT2D eigenvalue weighted by Crippen LogP contribution is -2.43. The zero-order valence-electron chi connectivity index (χ0n) is 8.88. The van der Waals surface area contributed by atoms with Gasteiger partial charge in [0.15, 0.2) is 0 Å². The predicted molar refractivity (Wildman–Crippen MR) is 57.2 cm³/mol. The third-order valence-corrected chi connectivity index (χ3v) is 1.91. The van der Waals surface area contributed by atoms with E-state index in [9.17, 15) is 9.59 Å². The summed E-state index contributed by atoms with van der Waals surface area (Å²) in [7, 11) is 0. The molecule has 0 unspecified atom stereocenters. The maximum absolute atomic E-state index is 10.9. The Bertz CT molecular complexity index is 252. The molecular formula is C9H18N4O2.